The molecule has 0 bridgehead atoms. The van der Waals surface area contributed by atoms with Gasteiger partial charge in [-0.3, -0.25) is 9.59 Å². The zero-order chi connectivity index (χ0) is 48.6. The molecule has 0 saturated carbocycles. The highest BCUT2D eigenvalue weighted by molar-refractivity contribution is 5.76. The molecular formula is C61H119NO5. The SMILES string of the molecule is CCCCCCCC/C=C\CCCCCCCCCC(=O)OCCCCCCCCCCCCCCC(=O)NC(CO)C(O)CCCCCCCCCCCCCCCCCCCCCCC. The summed E-state index contributed by atoms with van der Waals surface area (Å²) >= 11 is 0. The van der Waals surface area contributed by atoms with Crippen LogP contribution in [0.15, 0.2) is 12.2 Å². The number of aliphatic hydroxyl groups is 2. The Hall–Kier alpha value is -1.40. The Kier molecular flexibility index (Phi) is 56.0. The van der Waals surface area contributed by atoms with Crippen LogP contribution in [0.5, 0.6) is 0 Å². The van der Waals surface area contributed by atoms with Crippen molar-refractivity contribution in [2.45, 2.75) is 353 Å². The maximum Gasteiger partial charge on any atom is 0.305 e. The van der Waals surface area contributed by atoms with Crippen molar-refractivity contribution in [2.24, 2.45) is 0 Å². The fraction of sp³-hybridized carbons (Fsp3) is 0.934. The summed E-state index contributed by atoms with van der Waals surface area (Å²) in [5.74, 6) is -0.0581. The molecule has 0 aliphatic rings. The van der Waals surface area contributed by atoms with Crippen molar-refractivity contribution in [1.82, 2.24) is 5.32 Å². The fourth-order valence-corrected chi connectivity index (χ4v) is 9.64. The smallest absolute Gasteiger partial charge is 0.305 e. The number of allylic oxidation sites excluding steroid dienone is 2. The molecule has 0 aromatic carbocycles. The van der Waals surface area contributed by atoms with Crippen molar-refractivity contribution in [3.63, 3.8) is 0 Å². The number of aliphatic hydroxyl groups excluding tert-OH is 2. The van der Waals surface area contributed by atoms with E-state index in [1.807, 2.05) is 0 Å². The molecule has 0 spiro atoms. The monoisotopic (exact) mass is 946 g/mol. The summed E-state index contributed by atoms with van der Waals surface area (Å²) in [7, 11) is 0. The van der Waals surface area contributed by atoms with Crippen molar-refractivity contribution in [3.05, 3.63) is 12.2 Å². The summed E-state index contributed by atoms with van der Waals surface area (Å²) < 4.78 is 5.48. The highest BCUT2D eigenvalue weighted by Gasteiger charge is 2.20. The van der Waals surface area contributed by atoms with Crippen LogP contribution < -0.4 is 5.32 Å². The average molecular weight is 947 g/mol. The highest BCUT2D eigenvalue weighted by atomic mass is 16.5. The quantitative estimate of drug-likeness (QED) is 0.0321. The number of carbonyl (C=O) groups is 2. The van der Waals surface area contributed by atoms with Gasteiger partial charge in [0.1, 0.15) is 0 Å². The van der Waals surface area contributed by atoms with Crippen LogP contribution in [-0.4, -0.2) is 47.4 Å². The number of carbonyl (C=O) groups excluding carboxylic acids is 2. The Morgan fingerprint density at radius 3 is 1.06 bits per heavy atom. The van der Waals surface area contributed by atoms with Crippen molar-refractivity contribution >= 4 is 11.9 Å². The van der Waals surface area contributed by atoms with Gasteiger partial charge in [-0.15, -0.1) is 0 Å². The first-order valence-electron chi connectivity index (χ1n) is 30.4. The first-order chi connectivity index (χ1) is 33.0. The molecule has 0 fully saturated rings. The molecule has 0 saturated heterocycles. The number of unbranched alkanes of at least 4 members (excludes halogenated alkanes) is 44. The number of esters is 1. The van der Waals surface area contributed by atoms with E-state index in [9.17, 15) is 19.8 Å². The topological polar surface area (TPSA) is 95.9 Å². The second-order valence-corrected chi connectivity index (χ2v) is 21.0. The van der Waals surface area contributed by atoms with Gasteiger partial charge in [0.05, 0.1) is 25.4 Å². The minimum atomic E-state index is -0.675. The normalized spacial score (nSPS) is 12.6. The van der Waals surface area contributed by atoms with Crippen molar-refractivity contribution in [2.75, 3.05) is 13.2 Å². The van der Waals surface area contributed by atoms with Crippen LogP contribution in [0.1, 0.15) is 341 Å². The van der Waals surface area contributed by atoms with E-state index in [-0.39, 0.29) is 18.5 Å². The number of hydrogen-bond acceptors (Lipinski definition) is 5. The summed E-state index contributed by atoms with van der Waals surface area (Å²) in [5, 5.41) is 23.3. The van der Waals surface area contributed by atoms with Gasteiger partial charge in [0, 0.05) is 12.8 Å². The van der Waals surface area contributed by atoms with Gasteiger partial charge in [-0.05, 0) is 51.4 Å². The number of rotatable bonds is 57. The molecule has 0 heterocycles. The molecule has 0 aliphatic carbocycles. The van der Waals surface area contributed by atoms with Gasteiger partial charge in [-0.25, -0.2) is 0 Å². The number of ether oxygens (including phenoxy) is 1. The highest BCUT2D eigenvalue weighted by Crippen LogP contribution is 2.18. The number of amides is 1. The maximum absolute atomic E-state index is 12.5. The molecule has 67 heavy (non-hydrogen) atoms. The Morgan fingerprint density at radius 2 is 0.701 bits per heavy atom. The third-order valence-electron chi connectivity index (χ3n) is 14.3. The van der Waals surface area contributed by atoms with Crippen LogP contribution in [0.3, 0.4) is 0 Å². The molecule has 0 aromatic rings. The van der Waals surface area contributed by atoms with Crippen LogP contribution in [0.25, 0.3) is 0 Å². The third kappa shape index (κ3) is 53.8. The van der Waals surface area contributed by atoms with E-state index < -0.39 is 12.1 Å². The Morgan fingerprint density at radius 1 is 0.403 bits per heavy atom. The molecule has 0 radical (unpaired) electrons. The molecule has 3 N–H and O–H groups in total. The molecule has 398 valence electrons. The standard InChI is InChI=1S/C61H119NO5/c1-3-5-7-9-11-13-15-17-19-21-22-23-24-26-27-29-33-37-41-45-49-53-59(64)58(57-63)62-60(65)54-50-46-42-38-34-31-32-36-40-44-48-52-56-67-61(66)55-51-47-43-39-35-30-28-25-20-18-16-14-12-10-8-6-4-2/h18,20,58-59,63-64H,3-17,19,21-57H2,1-2H3,(H,62,65)/b20-18-. The van der Waals surface area contributed by atoms with Crippen LogP contribution in [-0.2, 0) is 14.3 Å². The fourth-order valence-electron chi connectivity index (χ4n) is 9.64. The molecule has 6 nitrogen and oxygen atoms in total. The van der Waals surface area contributed by atoms with Crippen LogP contribution in [0, 0.1) is 0 Å². The molecule has 0 aromatic heterocycles. The summed E-state index contributed by atoms with van der Waals surface area (Å²) in [4.78, 5) is 24.6. The van der Waals surface area contributed by atoms with Gasteiger partial charge in [-0.2, -0.15) is 0 Å². The second-order valence-electron chi connectivity index (χ2n) is 21.0. The number of nitrogens with one attached hydrogen (secondary N) is 1. The summed E-state index contributed by atoms with van der Waals surface area (Å²) in [6.45, 7) is 4.94. The van der Waals surface area contributed by atoms with Gasteiger partial charge in [0.15, 0.2) is 0 Å². The second kappa shape index (κ2) is 57.2. The first kappa shape index (κ1) is 65.6. The first-order valence-corrected chi connectivity index (χ1v) is 30.4. The minimum Gasteiger partial charge on any atom is -0.466 e. The molecule has 0 aliphatic heterocycles. The molecule has 6 heteroatoms. The molecule has 2 atom stereocenters. The number of hydrogen-bond donors (Lipinski definition) is 3. The third-order valence-corrected chi connectivity index (χ3v) is 14.3. The van der Waals surface area contributed by atoms with E-state index in [1.165, 1.54) is 250 Å². The van der Waals surface area contributed by atoms with Crippen LogP contribution in [0.2, 0.25) is 0 Å². The predicted molar refractivity (Wildman–Crippen MR) is 292 cm³/mol. The molecule has 1 amide bonds. The molecule has 0 rings (SSSR count). The summed E-state index contributed by atoms with van der Waals surface area (Å²) in [6, 6.07) is -0.554. The van der Waals surface area contributed by atoms with Gasteiger partial charge < -0.3 is 20.3 Å². The van der Waals surface area contributed by atoms with Crippen molar-refractivity contribution < 1.29 is 24.5 Å². The van der Waals surface area contributed by atoms with Gasteiger partial charge in [-0.1, -0.05) is 289 Å². The zero-order valence-electron chi connectivity index (χ0n) is 45.4. The van der Waals surface area contributed by atoms with E-state index >= 15 is 0 Å². The van der Waals surface area contributed by atoms with E-state index in [0.29, 0.717) is 25.9 Å². The lowest BCUT2D eigenvalue weighted by molar-refractivity contribution is -0.143. The van der Waals surface area contributed by atoms with Gasteiger partial charge >= 0.3 is 5.97 Å². The average Bonchev–Trinajstić information content (AvgIpc) is 3.33. The lowest BCUT2D eigenvalue weighted by Crippen LogP contribution is -2.45. The van der Waals surface area contributed by atoms with E-state index in [2.05, 4.69) is 31.3 Å². The molecule has 2 unspecified atom stereocenters. The van der Waals surface area contributed by atoms with Gasteiger partial charge in [0.2, 0.25) is 5.91 Å². The Balaban J connectivity index is 3.44. The van der Waals surface area contributed by atoms with Crippen LogP contribution >= 0.6 is 0 Å². The predicted octanol–water partition coefficient (Wildman–Crippen LogP) is 18.9. The Bertz CT molecular complexity index is 1000. The summed E-state index contributed by atoms with van der Waals surface area (Å²) in [5.41, 5.74) is 0. The molecular weight excluding hydrogens is 827 g/mol. The lowest BCUT2D eigenvalue weighted by Gasteiger charge is -2.22. The van der Waals surface area contributed by atoms with E-state index in [1.54, 1.807) is 0 Å². The van der Waals surface area contributed by atoms with Gasteiger partial charge in [0.25, 0.3) is 0 Å². The van der Waals surface area contributed by atoms with Crippen molar-refractivity contribution in [1.29, 1.82) is 0 Å². The maximum atomic E-state index is 12.5. The summed E-state index contributed by atoms with van der Waals surface area (Å²) in [6.07, 6.45) is 67.7. The minimum absolute atomic E-state index is 0.0113. The van der Waals surface area contributed by atoms with E-state index in [0.717, 1.165) is 57.8 Å². The largest absolute Gasteiger partial charge is 0.466 e. The van der Waals surface area contributed by atoms with E-state index in [4.69, 9.17) is 4.74 Å². The van der Waals surface area contributed by atoms with Crippen LogP contribution in [0.4, 0.5) is 0 Å². The zero-order valence-corrected chi connectivity index (χ0v) is 45.4. The van der Waals surface area contributed by atoms with Crippen molar-refractivity contribution in [3.8, 4) is 0 Å². The Labute approximate surface area is 419 Å². The lowest BCUT2D eigenvalue weighted by atomic mass is 10.0.